The average molecular weight is 301 g/mol. The molecule has 2 N–H and O–H groups in total. The molecule has 2 fully saturated rings. The van der Waals surface area contributed by atoms with Gasteiger partial charge in [0.2, 0.25) is 5.13 Å². The highest BCUT2D eigenvalue weighted by Crippen LogP contribution is 2.33. The highest BCUT2D eigenvalue weighted by Gasteiger charge is 2.31. The molecule has 0 bridgehead atoms. The van der Waals surface area contributed by atoms with E-state index in [-0.39, 0.29) is 0 Å². The SMILES string of the molecule is Nc1ccccc1-c1nnc(N2CCN3CCCC3C2)s1. The summed E-state index contributed by atoms with van der Waals surface area (Å²) in [5, 5.41) is 10.7. The van der Waals surface area contributed by atoms with Gasteiger partial charge in [0.1, 0.15) is 0 Å². The first-order valence-corrected chi connectivity index (χ1v) is 8.30. The van der Waals surface area contributed by atoms with Crippen molar-refractivity contribution < 1.29 is 0 Å². The summed E-state index contributed by atoms with van der Waals surface area (Å²) in [6.45, 7) is 4.54. The molecule has 2 aliphatic heterocycles. The minimum absolute atomic E-state index is 0.702. The number of aromatic nitrogens is 2. The lowest BCUT2D eigenvalue weighted by molar-refractivity contribution is 0.231. The fraction of sp³-hybridized carbons (Fsp3) is 0.467. The van der Waals surface area contributed by atoms with Crippen molar-refractivity contribution in [1.82, 2.24) is 15.1 Å². The Bertz CT molecular complexity index is 640. The van der Waals surface area contributed by atoms with E-state index in [9.17, 15) is 0 Å². The van der Waals surface area contributed by atoms with Crippen LogP contribution in [-0.4, -0.2) is 47.3 Å². The van der Waals surface area contributed by atoms with Crippen molar-refractivity contribution in [3.05, 3.63) is 24.3 Å². The van der Waals surface area contributed by atoms with Crippen molar-refractivity contribution in [1.29, 1.82) is 0 Å². The first-order valence-electron chi connectivity index (χ1n) is 7.48. The van der Waals surface area contributed by atoms with E-state index in [0.29, 0.717) is 6.04 Å². The van der Waals surface area contributed by atoms with Gasteiger partial charge in [0.05, 0.1) is 0 Å². The molecule has 2 aliphatic rings. The molecule has 1 atom stereocenters. The second-order valence-corrected chi connectivity index (χ2v) is 6.71. The van der Waals surface area contributed by atoms with Gasteiger partial charge in [-0.2, -0.15) is 0 Å². The molecule has 0 aliphatic carbocycles. The number of anilines is 2. The Morgan fingerprint density at radius 1 is 1.14 bits per heavy atom. The van der Waals surface area contributed by atoms with E-state index in [4.69, 9.17) is 5.73 Å². The average Bonchev–Trinajstić information content (AvgIpc) is 3.16. The number of benzene rings is 1. The Hall–Kier alpha value is -1.66. The summed E-state index contributed by atoms with van der Waals surface area (Å²) in [5.74, 6) is 0. The number of rotatable bonds is 2. The molecule has 1 aromatic carbocycles. The van der Waals surface area contributed by atoms with E-state index in [1.54, 1.807) is 11.3 Å². The van der Waals surface area contributed by atoms with Crippen LogP contribution >= 0.6 is 11.3 Å². The maximum Gasteiger partial charge on any atom is 0.208 e. The topological polar surface area (TPSA) is 58.3 Å². The summed E-state index contributed by atoms with van der Waals surface area (Å²) in [6.07, 6.45) is 2.65. The summed E-state index contributed by atoms with van der Waals surface area (Å²) < 4.78 is 0. The quantitative estimate of drug-likeness (QED) is 0.861. The van der Waals surface area contributed by atoms with Crippen LogP contribution in [0.3, 0.4) is 0 Å². The number of nitrogens with zero attached hydrogens (tertiary/aromatic N) is 4. The van der Waals surface area contributed by atoms with Gasteiger partial charge in [0, 0.05) is 36.9 Å². The number of piperazine rings is 1. The van der Waals surface area contributed by atoms with Gasteiger partial charge in [-0.15, -0.1) is 10.2 Å². The minimum Gasteiger partial charge on any atom is -0.398 e. The number of hydrogen-bond acceptors (Lipinski definition) is 6. The first-order chi connectivity index (χ1) is 10.3. The maximum atomic E-state index is 6.03. The highest BCUT2D eigenvalue weighted by molar-refractivity contribution is 7.18. The molecule has 6 heteroatoms. The van der Waals surface area contributed by atoms with Crippen LogP contribution in [0.25, 0.3) is 10.6 Å². The fourth-order valence-electron chi connectivity index (χ4n) is 3.31. The van der Waals surface area contributed by atoms with Crippen molar-refractivity contribution in [2.75, 3.05) is 36.8 Å². The predicted molar refractivity (Wildman–Crippen MR) is 86.6 cm³/mol. The monoisotopic (exact) mass is 301 g/mol. The van der Waals surface area contributed by atoms with Gasteiger partial charge >= 0.3 is 0 Å². The third-order valence-electron chi connectivity index (χ3n) is 4.46. The summed E-state index contributed by atoms with van der Waals surface area (Å²) in [5.41, 5.74) is 7.78. The van der Waals surface area contributed by atoms with Crippen molar-refractivity contribution >= 4 is 22.2 Å². The van der Waals surface area contributed by atoms with Gasteiger partial charge in [-0.1, -0.05) is 23.5 Å². The predicted octanol–water partition coefficient (Wildman–Crippen LogP) is 2.07. The Labute approximate surface area is 128 Å². The molecule has 0 radical (unpaired) electrons. The third kappa shape index (κ3) is 2.38. The van der Waals surface area contributed by atoms with Gasteiger partial charge in [0.25, 0.3) is 0 Å². The summed E-state index contributed by atoms with van der Waals surface area (Å²) in [4.78, 5) is 4.99. The van der Waals surface area contributed by atoms with Crippen LogP contribution in [0.5, 0.6) is 0 Å². The largest absolute Gasteiger partial charge is 0.398 e. The molecule has 2 aromatic rings. The molecule has 0 saturated carbocycles. The standard InChI is InChI=1S/C15H19N5S/c16-13-6-2-1-5-12(13)14-17-18-15(21-14)20-9-8-19-7-3-4-11(19)10-20/h1-2,5-6,11H,3-4,7-10,16H2. The second kappa shape index (κ2) is 5.27. The molecule has 3 heterocycles. The van der Waals surface area contributed by atoms with Crippen molar-refractivity contribution in [3.8, 4) is 10.6 Å². The maximum absolute atomic E-state index is 6.03. The molecule has 1 unspecified atom stereocenters. The lowest BCUT2D eigenvalue weighted by Gasteiger charge is -2.37. The summed E-state index contributed by atoms with van der Waals surface area (Å²) in [6, 6.07) is 8.56. The lowest BCUT2D eigenvalue weighted by atomic mass is 10.2. The van der Waals surface area contributed by atoms with E-state index < -0.39 is 0 Å². The smallest absolute Gasteiger partial charge is 0.208 e. The van der Waals surface area contributed by atoms with E-state index >= 15 is 0 Å². The zero-order chi connectivity index (χ0) is 14.2. The van der Waals surface area contributed by atoms with E-state index in [0.717, 1.165) is 41.0 Å². The first kappa shape index (κ1) is 13.0. The Morgan fingerprint density at radius 3 is 2.95 bits per heavy atom. The molecular weight excluding hydrogens is 282 g/mol. The van der Waals surface area contributed by atoms with Gasteiger partial charge < -0.3 is 10.6 Å². The normalized spacial score (nSPS) is 22.5. The number of nitrogens with two attached hydrogens (primary N) is 1. The second-order valence-electron chi connectivity index (χ2n) is 5.76. The van der Waals surface area contributed by atoms with Crippen LogP contribution in [-0.2, 0) is 0 Å². The zero-order valence-electron chi connectivity index (χ0n) is 11.9. The third-order valence-corrected chi connectivity index (χ3v) is 5.48. The fourth-order valence-corrected chi connectivity index (χ4v) is 4.24. The molecule has 0 amide bonds. The Balaban J connectivity index is 1.56. The van der Waals surface area contributed by atoms with Crippen molar-refractivity contribution in [2.45, 2.75) is 18.9 Å². The molecule has 2 saturated heterocycles. The van der Waals surface area contributed by atoms with E-state index in [1.807, 2.05) is 24.3 Å². The van der Waals surface area contributed by atoms with Crippen LogP contribution in [0.1, 0.15) is 12.8 Å². The number of fused-ring (bicyclic) bond motifs is 1. The van der Waals surface area contributed by atoms with Crippen LogP contribution < -0.4 is 10.6 Å². The van der Waals surface area contributed by atoms with Crippen LogP contribution in [0.2, 0.25) is 0 Å². The molecular formula is C15H19N5S. The molecule has 110 valence electrons. The van der Waals surface area contributed by atoms with Gasteiger partial charge in [-0.3, -0.25) is 4.90 Å². The molecule has 0 spiro atoms. The van der Waals surface area contributed by atoms with Crippen LogP contribution in [0, 0.1) is 0 Å². The van der Waals surface area contributed by atoms with Gasteiger partial charge in [-0.05, 0) is 31.5 Å². The minimum atomic E-state index is 0.702. The van der Waals surface area contributed by atoms with Gasteiger partial charge in [0.15, 0.2) is 5.01 Å². The summed E-state index contributed by atoms with van der Waals surface area (Å²) in [7, 11) is 0. The Kier molecular flexibility index (Phi) is 3.27. The molecule has 4 rings (SSSR count). The zero-order valence-corrected chi connectivity index (χ0v) is 12.7. The lowest BCUT2D eigenvalue weighted by Crippen LogP contribution is -2.50. The summed E-state index contributed by atoms with van der Waals surface area (Å²) >= 11 is 1.65. The van der Waals surface area contributed by atoms with E-state index in [1.165, 1.54) is 19.4 Å². The van der Waals surface area contributed by atoms with Crippen molar-refractivity contribution in [3.63, 3.8) is 0 Å². The number of para-hydroxylation sites is 1. The van der Waals surface area contributed by atoms with Crippen molar-refractivity contribution in [2.24, 2.45) is 0 Å². The number of nitrogen functional groups attached to an aromatic ring is 1. The van der Waals surface area contributed by atoms with Gasteiger partial charge in [-0.25, -0.2) is 0 Å². The molecule has 21 heavy (non-hydrogen) atoms. The molecule has 1 aromatic heterocycles. The van der Waals surface area contributed by atoms with Crippen LogP contribution in [0.15, 0.2) is 24.3 Å². The molecule has 5 nitrogen and oxygen atoms in total. The number of hydrogen-bond donors (Lipinski definition) is 1. The van der Waals surface area contributed by atoms with E-state index in [2.05, 4.69) is 20.0 Å². The van der Waals surface area contributed by atoms with Crippen LogP contribution in [0.4, 0.5) is 10.8 Å². The highest BCUT2D eigenvalue weighted by atomic mass is 32.1. The Morgan fingerprint density at radius 2 is 2.05 bits per heavy atom.